The largest absolute Gasteiger partial charge is 0.480 e. The van der Waals surface area contributed by atoms with Gasteiger partial charge in [-0.1, -0.05) is 36.7 Å². The summed E-state index contributed by atoms with van der Waals surface area (Å²) in [6, 6.07) is 9.19. The summed E-state index contributed by atoms with van der Waals surface area (Å²) in [4.78, 5) is 47.6. The van der Waals surface area contributed by atoms with Crippen LogP contribution in [0.4, 0.5) is 5.95 Å². The average molecular weight is 486 g/mol. The van der Waals surface area contributed by atoms with Crippen molar-refractivity contribution in [1.82, 2.24) is 20.3 Å². The molecular formula is C22H20ClN5O4S. The Labute approximate surface area is 196 Å². The molecule has 0 aliphatic heterocycles. The molecule has 33 heavy (non-hydrogen) atoms. The average Bonchev–Trinajstić information content (AvgIpc) is 3.42. The summed E-state index contributed by atoms with van der Waals surface area (Å²) in [5.41, 5.74) is 6.98. The number of aromatic nitrogens is 3. The fourth-order valence-corrected chi connectivity index (χ4v) is 4.79. The second kappa shape index (κ2) is 9.08. The van der Waals surface area contributed by atoms with E-state index >= 15 is 0 Å². The fourth-order valence-electron chi connectivity index (χ4n) is 3.60. The number of nitrogens with two attached hydrogens (primary N) is 1. The fraction of sp³-hybridized carbons (Fsp3) is 0.182. The van der Waals surface area contributed by atoms with Gasteiger partial charge in [0.15, 0.2) is 0 Å². The lowest BCUT2D eigenvalue weighted by Gasteiger charge is -2.15. The Bertz CT molecular complexity index is 1410. The van der Waals surface area contributed by atoms with E-state index in [1.807, 2.05) is 6.92 Å². The Kier molecular flexibility index (Phi) is 6.21. The number of H-pyrrole nitrogens is 2. The van der Waals surface area contributed by atoms with Crippen molar-refractivity contribution >= 4 is 51.8 Å². The van der Waals surface area contributed by atoms with Crippen LogP contribution in [0.5, 0.6) is 0 Å². The number of carboxylic acid groups (broad SMARTS) is 1. The normalized spacial score (nSPS) is 13.0. The minimum absolute atomic E-state index is 0.0217. The molecule has 0 spiro atoms. The van der Waals surface area contributed by atoms with Gasteiger partial charge in [-0.15, -0.1) is 11.3 Å². The molecule has 0 saturated carbocycles. The first-order chi connectivity index (χ1) is 15.7. The molecule has 11 heteroatoms. The Morgan fingerprint density at radius 2 is 2.03 bits per heavy atom. The number of carboxylic acids is 1. The van der Waals surface area contributed by atoms with Gasteiger partial charge in [0.05, 0.1) is 10.3 Å². The Hall–Kier alpha value is -3.63. The molecule has 1 aromatic carbocycles. The maximum Gasteiger partial charge on any atom is 0.326 e. The van der Waals surface area contributed by atoms with E-state index < -0.39 is 17.9 Å². The number of halogens is 1. The highest BCUT2D eigenvalue weighted by Crippen LogP contribution is 2.33. The van der Waals surface area contributed by atoms with Crippen LogP contribution in [0.1, 0.15) is 38.5 Å². The zero-order chi connectivity index (χ0) is 23.7. The smallest absolute Gasteiger partial charge is 0.326 e. The first-order valence-corrected chi connectivity index (χ1v) is 11.2. The molecule has 1 amide bonds. The molecule has 3 heterocycles. The summed E-state index contributed by atoms with van der Waals surface area (Å²) in [6.07, 6.45) is 1.75. The molecule has 170 valence electrons. The van der Waals surface area contributed by atoms with Crippen LogP contribution < -0.4 is 16.6 Å². The third-order valence-corrected chi connectivity index (χ3v) is 6.96. The number of thiophene rings is 1. The van der Waals surface area contributed by atoms with E-state index in [0.717, 1.165) is 10.4 Å². The van der Waals surface area contributed by atoms with Gasteiger partial charge in [0.25, 0.3) is 11.5 Å². The SMILES string of the molecule is CC(c1ccc(C(=O)N[C@@H](Cc2ccccc2Cl)C(=O)O)s1)c1c[nH]c2nc(N)[nH]c(=O)c12. The number of amides is 1. The highest BCUT2D eigenvalue weighted by atomic mass is 35.5. The van der Waals surface area contributed by atoms with Gasteiger partial charge in [-0.05, 0) is 29.3 Å². The van der Waals surface area contributed by atoms with Crippen LogP contribution in [0.15, 0.2) is 47.4 Å². The summed E-state index contributed by atoms with van der Waals surface area (Å²) in [6.45, 7) is 1.91. The van der Waals surface area contributed by atoms with Gasteiger partial charge in [-0.2, -0.15) is 4.98 Å². The molecule has 0 radical (unpaired) electrons. The molecular weight excluding hydrogens is 466 g/mol. The first-order valence-electron chi connectivity index (χ1n) is 9.98. The van der Waals surface area contributed by atoms with E-state index in [1.54, 1.807) is 42.6 Å². The topological polar surface area (TPSA) is 154 Å². The number of benzene rings is 1. The van der Waals surface area contributed by atoms with E-state index in [-0.39, 0.29) is 23.8 Å². The number of aliphatic carboxylic acids is 1. The number of aromatic amines is 2. The van der Waals surface area contributed by atoms with Crippen molar-refractivity contribution in [2.45, 2.75) is 25.3 Å². The molecule has 0 aliphatic carbocycles. The van der Waals surface area contributed by atoms with Crippen LogP contribution >= 0.6 is 22.9 Å². The molecule has 1 unspecified atom stereocenters. The zero-order valence-electron chi connectivity index (χ0n) is 17.4. The number of nitrogen functional groups attached to an aromatic ring is 1. The van der Waals surface area contributed by atoms with E-state index in [4.69, 9.17) is 17.3 Å². The van der Waals surface area contributed by atoms with Gasteiger partial charge in [0, 0.05) is 28.4 Å². The number of hydrogen-bond donors (Lipinski definition) is 5. The molecule has 0 aliphatic rings. The van der Waals surface area contributed by atoms with Crippen LogP contribution in [0, 0.1) is 0 Å². The predicted molar refractivity (Wildman–Crippen MR) is 127 cm³/mol. The highest BCUT2D eigenvalue weighted by molar-refractivity contribution is 7.14. The molecule has 0 fully saturated rings. The summed E-state index contributed by atoms with van der Waals surface area (Å²) in [7, 11) is 0. The Morgan fingerprint density at radius 3 is 2.76 bits per heavy atom. The number of nitrogens with one attached hydrogen (secondary N) is 3. The second-order valence-corrected chi connectivity index (χ2v) is 9.02. The third kappa shape index (κ3) is 4.62. The van der Waals surface area contributed by atoms with Gasteiger partial charge in [-0.25, -0.2) is 4.79 Å². The van der Waals surface area contributed by atoms with Crippen LogP contribution in [0.25, 0.3) is 11.0 Å². The minimum atomic E-state index is -1.15. The molecule has 2 atom stereocenters. The summed E-state index contributed by atoms with van der Waals surface area (Å²) >= 11 is 7.36. The standard InChI is InChI=1S/C22H20ClN5O4S/c1-10(12-9-25-18-17(12)20(30)28-22(24)27-18)15-6-7-16(33-15)19(29)26-14(21(31)32)8-11-4-2-3-5-13(11)23/h2-7,9-10,14H,8H2,1H3,(H,26,29)(H,31,32)(H4,24,25,27,28,30)/t10?,14-/m0/s1. The number of nitrogens with zero attached hydrogens (tertiary/aromatic N) is 1. The first kappa shape index (κ1) is 22.6. The number of rotatable bonds is 7. The van der Waals surface area contributed by atoms with Crippen molar-refractivity contribution in [2.24, 2.45) is 0 Å². The predicted octanol–water partition coefficient (Wildman–Crippen LogP) is 3.13. The van der Waals surface area contributed by atoms with Crippen molar-refractivity contribution in [3.8, 4) is 0 Å². The van der Waals surface area contributed by atoms with E-state index in [9.17, 15) is 19.5 Å². The summed E-state index contributed by atoms with van der Waals surface area (Å²) < 4.78 is 0. The monoisotopic (exact) mass is 485 g/mol. The Morgan fingerprint density at radius 1 is 1.27 bits per heavy atom. The summed E-state index contributed by atoms with van der Waals surface area (Å²) in [5.74, 6) is -1.84. The van der Waals surface area contributed by atoms with Crippen molar-refractivity contribution < 1.29 is 14.7 Å². The van der Waals surface area contributed by atoms with Crippen molar-refractivity contribution in [3.63, 3.8) is 0 Å². The number of carbonyl (C=O) groups is 2. The number of hydrogen-bond acceptors (Lipinski definition) is 6. The van der Waals surface area contributed by atoms with E-state index in [2.05, 4.69) is 20.3 Å². The lowest BCUT2D eigenvalue weighted by molar-refractivity contribution is -0.139. The second-order valence-electron chi connectivity index (χ2n) is 7.50. The van der Waals surface area contributed by atoms with Crippen LogP contribution in [-0.4, -0.2) is 38.0 Å². The lowest BCUT2D eigenvalue weighted by Crippen LogP contribution is -2.42. The quantitative estimate of drug-likeness (QED) is 0.271. The maximum atomic E-state index is 12.8. The van der Waals surface area contributed by atoms with Crippen LogP contribution in [0.2, 0.25) is 5.02 Å². The maximum absolute atomic E-state index is 12.8. The van der Waals surface area contributed by atoms with Gasteiger partial charge in [0.1, 0.15) is 11.7 Å². The van der Waals surface area contributed by atoms with Gasteiger partial charge in [-0.3, -0.25) is 14.6 Å². The van der Waals surface area contributed by atoms with E-state index in [0.29, 0.717) is 26.5 Å². The molecule has 9 nitrogen and oxygen atoms in total. The molecule has 0 bridgehead atoms. The number of fused-ring (bicyclic) bond motifs is 1. The summed E-state index contributed by atoms with van der Waals surface area (Å²) in [5, 5.41) is 13.0. The van der Waals surface area contributed by atoms with Gasteiger partial charge in [0.2, 0.25) is 5.95 Å². The molecule has 3 aromatic heterocycles. The van der Waals surface area contributed by atoms with Gasteiger partial charge >= 0.3 is 5.97 Å². The molecule has 0 saturated heterocycles. The van der Waals surface area contributed by atoms with Crippen molar-refractivity contribution in [3.05, 3.63) is 78.9 Å². The minimum Gasteiger partial charge on any atom is -0.480 e. The van der Waals surface area contributed by atoms with Crippen molar-refractivity contribution in [2.75, 3.05) is 5.73 Å². The molecule has 6 N–H and O–H groups in total. The van der Waals surface area contributed by atoms with Crippen molar-refractivity contribution in [1.29, 1.82) is 0 Å². The van der Waals surface area contributed by atoms with E-state index in [1.165, 1.54) is 11.3 Å². The number of anilines is 1. The highest BCUT2D eigenvalue weighted by Gasteiger charge is 2.24. The number of carbonyl (C=O) groups excluding carboxylic acids is 1. The van der Waals surface area contributed by atoms with Crippen LogP contribution in [-0.2, 0) is 11.2 Å². The third-order valence-electron chi connectivity index (χ3n) is 5.32. The molecule has 4 rings (SSSR count). The Balaban J connectivity index is 1.54. The zero-order valence-corrected chi connectivity index (χ0v) is 19.0. The van der Waals surface area contributed by atoms with Crippen LogP contribution in [0.3, 0.4) is 0 Å². The van der Waals surface area contributed by atoms with Gasteiger partial charge < -0.3 is 21.1 Å². The molecule has 4 aromatic rings. The lowest BCUT2D eigenvalue weighted by atomic mass is 10.0.